The van der Waals surface area contributed by atoms with Gasteiger partial charge in [-0.3, -0.25) is 0 Å². The highest BCUT2D eigenvalue weighted by Crippen LogP contribution is 2.51. The number of rotatable bonds is 3. The van der Waals surface area contributed by atoms with E-state index in [1.54, 1.807) is 20.3 Å². The van der Waals surface area contributed by atoms with Crippen molar-refractivity contribution in [2.75, 3.05) is 21.0 Å². The normalized spacial score (nSPS) is 23.6. The molecule has 6 heteroatoms. The van der Waals surface area contributed by atoms with Crippen molar-refractivity contribution in [2.45, 2.75) is 19.1 Å². The van der Waals surface area contributed by atoms with Crippen molar-refractivity contribution in [1.82, 2.24) is 0 Å². The van der Waals surface area contributed by atoms with E-state index in [1.807, 2.05) is 31.2 Å². The van der Waals surface area contributed by atoms with Crippen LogP contribution in [-0.4, -0.2) is 32.4 Å². The SMILES string of the molecule is COc1cccc(C2c3cc4c(cc3OC(O)C2C)OCO4)c1OC. The Morgan fingerprint density at radius 3 is 2.48 bits per heavy atom. The first-order chi connectivity index (χ1) is 12.1. The summed E-state index contributed by atoms with van der Waals surface area (Å²) in [5, 5.41) is 10.4. The van der Waals surface area contributed by atoms with Gasteiger partial charge in [-0.25, -0.2) is 0 Å². The summed E-state index contributed by atoms with van der Waals surface area (Å²) >= 11 is 0. The fraction of sp³-hybridized carbons (Fsp3) is 0.368. The summed E-state index contributed by atoms with van der Waals surface area (Å²) in [6.45, 7) is 2.13. The number of benzene rings is 2. The molecule has 0 aromatic heterocycles. The number of hydrogen-bond donors (Lipinski definition) is 1. The zero-order valence-corrected chi connectivity index (χ0v) is 14.3. The quantitative estimate of drug-likeness (QED) is 0.923. The molecule has 6 nitrogen and oxygen atoms in total. The first kappa shape index (κ1) is 15.9. The maximum absolute atomic E-state index is 10.4. The van der Waals surface area contributed by atoms with Gasteiger partial charge in [0.1, 0.15) is 5.75 Å². The van der Waals surface area contributed by atoms with Gasteiger partial charge in [-0.1, -0.05) is 19.1 Å². The summed E-state index contributed by atoms with van der Waals surface area (Å²) < 4.78 is 27.7. The largest absolute Gasteiger partial charge is 0.493 e. The smallest absolute Gasteiger partial charge is 0.231 e. The Kier molecular flexibility index (Phi) is 3.84. The highest BCUT2D eigenvalue weighted by Gasteiger charge is 2.39. The number of ether oxygens (including phenoxy) is 5. The Hall–Kier alpha value is -2.60. The third-order valence-electron chi connectivity index (χ3n) is 4.83. The molecule has 2 aromatic carbocycles. The van der Waals surface area contributed by atoms with E-state index >= 15 is 0 Å². The van der Waals surface area contributed by atoms with Crippen molar-refractivity contribution in [1.29, 1.82) is 0 Å². The number of methoxy groups -OCH3 is 2. The van der Waals surface area contributed by atoms with Crippen molar-refractivity contribution < 1.29 is 28.8 Å². The van der Waals surface area contributed by atoms with Gasteiger partial charge >= 0.3 is 0 Å². The second-order valence-corrected chi connectivity index (χ2v) is 6.17. The molecule has 2 heterocycles. The molecule has 0 saturated carbocycles. The molecular formula is C19H20O6. The molecule has 1 N–H and O–H groups in total. The lowest BCUT2D eigenvalue weighted by Gasteiger charge is -2.36. The standard InChI is InChI=1S/C19H20O6/c1-10-17(11-5-4-6-13(21-2)18(11)22-3)12-7-15-16(24-9-23-15)8-14(12)25-19(10)20/h4-8,10,17,19-20H,9H2,1-3H3. The monoisotopic (exact) mass is 344 g/mol. The molecule has 4 rings (SSSR count). The first-order valence-electron chi connectivity index (χ1n) is 8.13. The fourth-order valence-electron chi connectivity index (χ4n) is 3.58. The summed E-state index contributed by atoms with van der Waals surface area (Å²) in [5.74, 6) is 2.86. The molecule has 25 heavy (non-hydrogen) atoms. The van der Waals surface area contributed by atoms with E-state index in [-0.39, 0.29) is 18.6 Å². The summed E-state index contributed by atoms with van der Waals surface area (Å²) in [6.07, 6.45) is -0.936. The Morgan fingerprint density at radius 2 is 1.76 bits per heavy atom. The molecule has 2 aromatic rings. The third kappa shape index (κ3) is 2.44. The number of hydrogen-bond acceptors (Lipinski definition) is 6. The van der Waals surface area contributed by atoms with Crippen molar-refractivity contribution in [3.8, 4) is 28.7 Å². The average Bonchev–Trinajstić information content (AvgIpc) is 3.08. The van der Waals surface area contributed by atoms with Gasteiger partial charge in [0.2, 0.25) is 13.1 Å². The summed E-state index contributed by atoms with van der Waals surface area (Å²) in [4.78, 5) is 0. The first-order valence-corrected chi connectivity index (χ1v) is 8.13. The van der Waals surface area contributed by atoms with E-state index in [0.717, 1.165) is 11.1 Å². The zero-order chi connectivity index (χ0) is 17.6. The minimum absolute atomic E-state index is 0.140. The molecule has 2 aliphatic heterocycles. The lowest BCUT2D eigenvalue weighted by Crippen LogP contribution is -2.34. The molecule has 0 spiro atoms. The number of fused-ring (bicyclic) bond motifs is 2. The van der Waals surface area contributed by atoms with Crippen LogP contribution in [0.2, 0.25) is 0 Å². The van der Waals surface area contributed by atoms with Gasteiger partial charge in [0.15, 0.2) is 23.0 Å². The van der Waals surface area contributed by atoms with Crippen LogP contribution in [0.25, 0.3) is 0 Å². The van der Waals surface area contributed by atoms with Crippen LogP contribution in [0.4, 0.5) is 0 Å². The summed E-state index contributed by atoms with van der Waals surface area (Å²) in [7, 11) is 3.22. The van der Waals surface area contributed by atoms with Gasteiger partial charge in [0, 0.05) is 29.0 Å². The van der Waals surface area contributed by atoms with Crippen LogP contribution in [0.3, 0.4) is 0 Å². The molecule has 0 saturated heterocycles. The van der Waals surface area contributed by atoms with Crippen LogP contribution in [0.5, 0.6) is 28.7 Å². The highest BCUT2D eigenvalue weighted by atomic mass is 16.7. The predicted octanol–water partition coefficient (Wildman–Crippen LogP) is 2.91. The van der Waals surface area contributed by atoms with Gasteiger partial charge in [0.05, 0.1) is 14.2 Å². The molecule has 0 radical (unpaired) electrons. The van der Waals surface area contributed by atoms with Gasteiger partial charge in [-0.05, 0) is 12.1 Å². The Labute approximate surface area is 145 Å². The Morgan fingerprint density at radius 1 is 1.00 bits per heavy atom. The van der Waals surface area contributed by atoms with Crippen LogP contribution in [-0.2, 0) is 0 Å². The molecule has 132 valence electrons. The molecular weight excluding hydrogens is 324 g/mol. The minimum atomic E-state index is -0.936. The molecule has 0 aliphatic carbocycles. The van der Waals surface area contributed by atoms with Crippen molar-refractivity contribution >= 4 is 0 Å². The van der Waals surface area contributed by atoms with Crippen LogP contribution in [0.15, 0.2) is 30.3 Å². The van der Waals surface area contributed by atoms with Gasteiger partial charge in [-0.2, -0.15) is 0 Å². The van der Waals surface area contributed by atoms with Crippen molar-refractivity contribution in [2.24, 2.45) is 5.92 Å². The average molecular weight is 344 g/mol. The molecule has 3 unspecified atom stereocenters. The van der Waals surface area contributed by atoms with Gasteiger partial charge in [0.25, 0.3) is 0 Å². The van der Waals surface area contributed by atoms with Crippen molar-refractivity contribution in [3.05, 3.63) is 41.5 Å². The topological polar surface area (TPSA) is 66.4 Å². The van der Waals surface area contributed by atoms with Crippen LogP contribution in [0, 0.1) is 5.92 Å². The fourth-order valence-corrected chi connectivity index (χ4v) is 3.58. The maximum atomic E-state index is 10.4. The lowest BCUT2D eigenvalue weighted by atomic mass is 9.78. The zero-order valence-electron chi connectivity index (χ0n) is 14.3. The van der Waals surface area contributed by atoms with E-state index in [9.17, 15) is 5.11 Å². The summed E-state index contributed by atoms with van der Waals surface area (Å²) in [5.41, 5.74) is 1.85. The Balaban J connectivity index is 1.90. The predicted molar refractivity (Wildman–Crippen MR) is 89.8 cm³/mol. The molecule has 3 atom stereocenters. The van der Waals surface area contributed by atoms with E-state index in [1.165, 1.54) is 0 Å². The van der Waals surface area contributed by atoms with Gasteiger partial charge < -0.3 is 28.8 Å². The van der Waals surface area contributed by atoms with E-state index in [2.05, 4.69) is 0 Å². The second kappa shape index (κ2) is 6.04. The van der Waals surface area contributed by atoms with E-state index < -0.39 is 6.29 Å². The van der Waals surface area contributed by atoms with E-state index in [4.69, 9.17) is 23.7 Å². The van der Waals surface area contributed by atoms with Gasteiger partial charge in [-0.15, -0.1) is 0 Å². The maximum Gasteiger partial charge on any atom is 0.231 e. The number of aliphatic hydroxyl groups is 1. The van der Waals surface area contributed by atoms with Crippen molar-refractivity contribution in [3.63, 3.8) is 0 Å². The number of para-hydroxylation sites is 1. The minimum Gasteiger partial charge on any atom is -0.493 e. The van der Waals surface area contributed by atoms with Crippen LogP contribution >= 0.6 is 0 Å². The molecule has 2 aliphatic rings. The second-order valence-electron chi connectivity index (χ2n) is 6.17. The number of aliphatic hydroxyl groups excluding tert-OH is 1. The Bertz CT molecular complexity index is 803. The molecule has 0 fully saturated rings. The van der Waals surface area contributed by atoms with E-state index in [0.29, 0.717) is 28.7 Å². The molecule has 0 bridgehead atoms. The highest BCUT2D eigenvalue weighted by molar-refractivity contribution is 5.59. The van der Waals surface area contributed by atoms with Crippen LogP contribution in [0.1, 0.15) is 24.0 Å². The van der Waals surface area contributed by atoms with Crippen LogP contribution < -0.4 is 23.7 Å². The lowest BCUT2D eigenvalue weighted by molar-refractivity contribution is -0.0730. The molecule has 0 amide bonds. The third-order valence-corrected chi connectivity index (χ3v) is 4.83. The summed E-state index contributed by atoms with van der Waals surface area (Å²) in [6, 6.07) is 9.44.